The summed E-state index contributed by atoms with van der Waals surface area (Å²) in [6.45, 7) is 5.36. The third kappa shape index (κ3) is 1.92. The van der Waals surface area contributed by atoms with E-state index in [4.69, 9.17) is 16.2 Å². The van der Waals surface area contributed by atoms with Crippen LogP contribution in [0.25, 0.3) is 0 Å². The average molecular weight is 164 g/mol. The molecular formula is C9H12N2O. The smallest absolute Gasteiger partial charge is 0.149 e. The number of ether oxygens (including phenoxy) is 1. The molecule has 1 aromatic rings. The third-order valence-electron chi connectivity index (χ3n) is 1.32. The molecule has 1 aromatic carbocycles. The van der Waals surface area contributed by atoms with E-state index >= 15 is 0 Å². The summed E-state index contributed by atoms with van der Waals surface area (Å²) < 4.78 is 5.22. The van der Waals surface area contributed by atoms with Crippen molar-refractivity contribution in [3.63, 3.8) is 0 Å². The van der Waals surface area contributed by atoms with E-state index in [0.717, 1.165) is 0 Å². The fourth-order valence-corrected chi connectivity index (χ4v) is 0.848. The van der Waals surface area contributed by atoms with Crippen molar-refractivity contribution in [1.29, 1.82) is 0 Å². The summed E-state index contributed by atoms with van der Waals surface area (Å²) in [5, 5.41) is 0. The highest BCUT2D eigenvalue weighted by atomic mass is 16.5. The Morgan fingerprint density at radius 1 is 1.42 bits per heavy atom. The molecule has 0 fully saturated rings. The Morgan fingerprint density at radius 3 is 2.58 bits per heavy atom. The minimum absolute atomic E-state index is 0.526. The van der Waals surface area contributed by atoms with Gasteiger partial charge < -0.3 is 16.2 Å². The summed E-state index contributed by atoms with van der Waals surface area (Å²) in [5.41, 5.74) is 12.3. The van der Waals surface area contributed by atoms with Gasteiger partial charge in [-0.05, 0) is 25.1 Å². The zero-order chi connectivity index (χ0) is 9.14. The molecule has 12 heavy (non-hydrogen) atoms. The largest absolute Gasteiger partial charge is 0.460 e. The number of allylic oxidation sites excluding steroid dienone is 1. The molecule has 0 saturated heterocycles. The SMILES string of the molecule is C=C(C)Oc1ccc(N)cc1N. The van der Waals surface area contributed by atoms with E-state index in [-0.39, 0.29) is 0 Å². The lowest BCUT2D eigenvalue weighted by Gasteiger charge is -2.07. The molecule has 0 aliphatic heterocycles. The van der Waals surface area contributed by atoms with Gasteiger partial charge in [0.05, 0.1) is 11.4 Å². The second-order valence-corrected chi connectivity index (χ2v) is 2.60. The van der Waals surface area contributed by atoms with Gasteiger partial charge in [0.15, 0.2) is 0 Å². The zero-order valence-electron chi connectivity index (χ0n) is 7.00. The van der Waals surface area contributed by atoms with Gasteiger partial charge in [0.2, 0.25) is 0 Å². The third-order valence-corrected chi connectivity index (χ3v) is 1.32. The van der Waals surface area contributed by atoms with Gasteiger partial charge in [0.1, 0.15) is 5.75 Å². The molecule has 0 aliphatic rings. The van der Waals surface area contributed by atoms with Crippen LogP contribution in [-0.2, 0) is 0 Å². The lowest BCUT2D eigenvalue weighted by atomic mass is 10.2. The second-order valence-electron chi connectivity index (χ2n) is 2.60. The molecule has 0 amide bonds. The monoisotopic (exact) mass is 164 g/mol. The predicted octanol–water partition coefficient (Wildman–Crippen LogP) is 1.76. The molecule has 0 atom stereocenters. The zero-order valence-corrected chi connectivity index (χ0v) is 7.00. The van der Waals surface area contributed by atoms with E-state index < -0.39 is 0 Å². The number of hydrogen-bond acceptors (Lipinski definition) is 3. The van der Waals surface area contributed by atoms with Crippen molar-refractivity contribution in [2.24, 2.45) is 0 Å². The van der Waals surface area contributed by atoms with Gasteiger partial charge in [-0.25, -0.2) is 0 Å². The first kappa shape index (κ1) is 8.46. The number of rotatable bonds is 2. The Balaban J connectivity index is 2.93. The van der Waals surface area contributed by atoms with Gasteiger partial charge in [0, 0.05) is 5.69 Å². The van der Waals surface area contributed by atoms with Crippen LogP contribution < -0.4 is 16.2 Å². The fraction of sp³-hybridized carbons (Fsp3) is 0.111. The predicted molar refractivity (Wildman–Crippen MR) is 50.7 cm³/mol. The number of hydrogen-bond donors (Lipinski definition) is 2. The van der Waals surface area contributed by atoms with Gasteiger partial charge >= 0.3 is 0 Å². The van der Waals surface area contributed by atoms with E-state index in [0.29, 0.717) is 22.9 Å². The summed E-state index contributed by atoms with van der Waals surface area (Å²) in [4.78, 5) is 0. The fourth-order valence-electron chi connectivity index (χ4n) is 0.848. The van der Waals surface area contributed by atoms with Crippen molar-refractivity contribution in [3.8, 4) is 5.75 Å². The molecule has 0 radical (unpaired) electrons. The molecule has 64 valence electrons. The topological polar surface area (TPSA) is 61.3 Å². The summed E-state index contributed by atoms with van der Waals surface area (Å²) in [7, 11) is 0. The van der Waals surface area contributed by atoms with Crippen molar-refractivity contribution in [2.75, 3.05) is 11.5 Å². The van der Waals surface area contributed by atoms with Crippen molar-refractivity contribution in [1.82, 2.24) is 0 Å². The van der Waals surface area contributed by atoms with Crippen LogP contribution in [0.3, 0.4) is 0 Å². The lowest BCUT2D eigenvalue weighted by Crippen LogP contribution is -1.96. The molecule has 0 spiro atoms. The molecule has 0 aliphatic carbocycles. The van der Waals surface area contributed by atoms with E-state index in [1.165, 1.54) is 0 Å². The Morgan fingerprint density at radius 2 is 2.08 bits per heavy atom. The number of benzene rings is 1. The molecule has 0 bridgehead atoms. The maximum Gasteiger partial charge on any atom is 0.149 e. The van der Waals surface area contributed by atoms with Crippen LogP contribution in [0.4, 0.5) is 11.4 Å². The van der Waals surface area contributed by atoms with E-state index in [1.807, 2.05) is 0 Å². The van der Waals surface area contributed by atoms with E-state index in [9.17, 15) is 0 Å². The highest BCUT2D eigenvalue weighted by Gasteiger charge is 1.99. The minimum atomic E-state index is 0.526. The molecule has 3 heteroatoms. The maximum atomic E-state index is 5.62. The highest BCUT2D eigenvalue weighted by Crippen LogP contribution is 2.24. The minimum Gasteiger partial charge on any atom is -0.460 e. The average Bonchev–Trinajstić information content (AvgIpc) is 1.94. The van der Waals surface area contributed by atoms with Gasteiger partial charge in [0.25, 0.3) is 0 Å². The van der Waals surface area contributed by atoms with Gasteiger partial charge in [-0.15, -0.1) is 0 Å². The van der Waals surface area contributed by atoms with Crippen LogP contribution >= 0.6 is 0 Å². The van der Waals surface area contributed by atoms with Gasteiger partial charge in [-0.1, -0.05) is 6.58 Å². The van der Waals surface area contributed by atoms with E-state index in [2.05, 4.69) is 6.58 Å². The van der Waals surface area contributed by atoms with Crippen LogP contribution in [0, 0.1) is 0 Å². The molecule has 4 N–H and O–H groups in total. The summed E-state index contributed by atoms with van der Waals surface area (Å²) in [6.07, 6.45) is 0. The van der Waals surface area contributed by atoms with Crippen LogP contribution in [-0.4, -0.2) is 0 Å². The molecule has 0 heterocycles. The molecular weight excluding hydrogens is 152 g/mol. The molecule has 1 rings (SSSR count). The summed E-state index contributed by atoms with van der Waals surface area (Å²) in [5.74, 6) is 1.20. The number of anilines is 2. The first-order valence-electron chi connectivity index (χ1n) is 3.58. The van der Waals surface area contributed by atoms with Crippen LogP contribution in [0.2, 0.25) is 0 Å². The first-order chi connectivity index (χ1) is 5.59. The highest BCUT2D eigenvalue weighted by molar-refractivity contribution is 5.60. The van der Waals surface area contributed by atoms with Crippen LogP contribution in [0.15, 0.2) is 30.5 Å². The van der Waals surface area contributed by atoms with Crippen LogP contribution in [0.1, 0.15) is 6.92 Å². The molecule has 0 aromatic heterocycles. The van der Waals surface area contributed by atoms with Crippen molar-refractivity contribution in [2.45, 2.75) is 6.92 Å². The summed E-state index contributed by atoms with van der Waals surface area (Å²) >= 11 is 0. The van der Waals surface area contributed by atoms with Gasteiger partial charge in [-0.3, -0.25) is 0 Å². The standard InChI is InChI=1S/C9H12N2O/c1-6(2)12-9-4-3-7(10)5-8(9)11/h3-5H,1,10-11H2,2H3. The lowest BCUT2D eigenvalue weighted by molar-refractivity contribution is 0.433. The Hall–Kier alpha value is -1.64. The van der Waals surface area contributed by atoms with Gasteiger partial charge in [-0.2, -0.15) is 0 Å². The number of nitrogen functional groups attached to an aromatic ring is 2. The Labute approximate surface area is 71.6 Å². The summed E-state index contributed by atoms with van der Waals surface area (Å²) in [6, 6.07) is 5.10. The van der Waals surface area contributed by atoms with Crippen molar-refractivity contribution >= 4 is 11.4 Å². The molecule has 3 nitrogen and oxygen atoms in total. The Bertz CT molecular complexity index is 307. The maximum absolute atomic E-state index is 5.62. The Kier molecular flexibility index (Phi) is 2.24. The first-order valence-corrected chi connectivity index (χ1v) is 3.58. The van der Waals surface area contributed by atoms with E-state index in [1.54, 1.807) is 25.1 Å². The van der Waals surface area contributed by atoms with Crippen molar-refractivity contribution < 1.29 is 4.74 Å². The van der Waals surface area contributed by atoms with Crippen molar-refractivity contribution in [3.05, 3.63) is 30.5 Å². The quantitative estimate of drug-likeness (QED) is 0.517. The normalized spacial score (nSPS) is 9.42. The number of nitrogens with two attached hydrogens (primary N) is 2. The molecule has 0 saturated carbocycles. The second kappa shape index (κ2) is 3.17. The van der Waals surface area contributed by atoms with Crippen LogP contribution in [0.5, 0.6) is 5.75 Å². The molecule has 0 unspecified atom stereocenters.